The first-order valence-corrected chi connectivity index (χ1v) is 5.09. The molecule has 80 valence electrons. The summed E-state index contributed by atoms with van der Waals surface area (Å²) < 4.78 is 0. The minimum absolute atomic E-state index is 0.451. The molecule has 4 nitrogen and oxygen atoms in total. The summed E-state index contributed by atoms with van der Waals surface area (Å²) in [5, 5.41) is 12.3. The normalized spacial score (nSPS) is 9.75. The Labute approximate surface area is 97.9 Å². The monoisotopic (exact) mass is 232 g/mol. The lowest BCUT2D eigenvalue weighted by molar-refractivity contribution is 1.00. The molecule has 5 heteroatoms. The van der Waals surface area contributed by atoms with Crippen LogP contribution in [-0.4, -0.2) is 9.97 Å². The molecule has 0 aliphatic carbocycles. The number of H-pyrrole nitrogens is 1. The van der Waals surface area contributed by atoms with Gasteiger partial charge in [0.1, 0.15) is 11.9 Å². The highest BCUT2D eigenvalue weighted by Gasteiger charge is 2.01. The fraction of sp³-hybridized carbons (Fsp3) is 0.0909. The molecule has 0 aliphatic rings. The predicted octanol–water partition coefficient (Wildman–Crippen LogP) is 2.55. The Balaban J connectivity index is 2.06. The Bertz CT molecular complexity index is 513. The summed E-state index contributed by atoms with van der Waals surface area (Å²) in [7, 11) is 0. The van der Waals surface area contributed by atoms with Crippen LogP contribution >= 0.6 is 11.6 Å². The number of hydrogen-bond donors (Lipinski definition) is 2. The van der Waals surface area contributed by atoms with Crippen LogP contribution in [0.15, 0.2) is 30.6 Å². The standard InChI is InChI=1S/C11H9ClN4/c12-10-5-9(2-1-8(10)6-13)16-7-11-14-3-4-15-11/h1-5,16H,7H2,(H,14,15). The van der Waals surface area contributed by atoms with Crippen LogP contribution in [-0.2, 0) is 6.54 Å². The maximum absolute atomic E-state index is 8.72. The molecule has 0 spiro atoms. The fourth-order valence-electron chi connectivity index (χ4n) is 1.30. The van der Waals surface area contributed by atoms with E-state index in [1.165, 1.54) is 0 Å². The van der Waals surface area contributed by atoms with Gasteiger partial charge in [0, 0.05) is 18.1 Å². The molecule has 2 rings (SSSR count). The van der Waals surface area contributed by atoms with Gasteiger partial charge in [-0.3, -0.25) is 0 Å². The third-order valence-electron chi connectivity index (χ3n) is 2.10. The van der Waals surface area contributed by atoms with E-state index in [1.807, 2.05) is 12.1 Å². The van der Waals surface area contributed by atoms with Crippen molar-refractivity contribution < 1.29 is 0 Å². The number of rotatable bonds is 3. The first-order chi connectivity index (χ1) is 7.79. The quantitative estimate of drug-likeness (QED) is 0.855. The van der Waals surface area contributed by atoms with Crippen LogP contribution in [0.25, 0.3) is 0 Å². The van der Waals surface area contributed by atoms with Crippen LogP contribution in [0.2, 0.25) is 5.02 Å². The Morgan fingerprint density at radius 1 is 1.50 bits per heavy atom. The molecule has 0 saturated carbocycles. The summed E-state index contributed by atoms with van der Waals surface area (Å²) >= 11 is 5.90. The number of imidazole rings is 1. The highest BCUT2D eigenvalue weighted by molar-refractivity contribution is 6.32. The summed E-state index contributed by atoms with van der Waals surface area (Å²) in [5.74, 6) is 0.848. The number of nitriles is 1. The number of hydrogen-bond acceptors (Lipinski definition) is 3. The molecule has 2 aromatic rings. The van der Waals surface area contributed by atoms with Gasteiger partial charge < -0.3 is 10.3 Å². The van der Waals surface area contributed by atoms with Gasteiger partial charge in [-0.05, 0) is 18.2 Å². The molecule has 0 fully saturated rings. The smallest absolute Gasteiger partial charge is 0.125 e. The van der Waals surface area contributed by atoms with Gasteiger partial charge in [0.25, 0.3) is 0 Å². The van der Waals surface area contributed by atoms with Crippen molar-refractivity contribution in [3.05, 3.63) is 47.0 Å². The SMILES string of the molecule is N#Cc1ccc(NCc2ncc[nH]2)cc1Cl. The summed E-state index contributed by atoms with van der Waals surface area (Å²) in [6.45, 7) is 0.592. The van der Waals surface area contributed by atoms with E-state index in [9.17, 15) is 0 Å². The summed E-state index contributed by atoms with van der Waals surface area (Å²) in [5.41, 5.74) is 1.34. The Kier molecular flexibility index (Phi) is 3.08. The zero-order valence-electron chi connectivity index (χ0n) is 8.37. The zero-order chi connectivity index (χ0) is 11.4. The highest BCUT2D eigenvalue weighted by Crippen LogP contribution is 2.20. The van der Waals surface area contributed by atoms with E-state index in [0.29, 0.717) is 17.1 Å². The van der Waals surface area contributed by atoms with Crippen molar-refractivity contribution in [2.75, 3.05) is 5.32 Å². The van der Waals surface area contributed by atoms with Crippen molar-refractivity contribution in [1.29, 1.82) is 5.26 Å². The number of nitrogens with one attached hydrogen (secondary N) is 2. The molecular weight excluding hydrogens is 224 g/mol. The Morgan fingerprint density at radius 3 is 3.00 bits per heavy atom. The zero-order valence-corrected chi connectivity index (χ0v) is 9.12. The second-order valence-corrected chi connectivity index (χ2v) is 3.60. The van der Waals surface area contributed by atoms with Gasteiger partial charge in [0.2, 0.25) is 0 Å². The van der Waals surface area contributed by atoms with Crippen LogP contribution in [0.3, 0.4) is 0 Å². The van der Waals surface area contributed by atoms with Crippen LogP contribution in [0, 0.1) is 11.3 Å². The predicted molar refractivity (Wildman–Crippen MR) is 62.1 cm³/mol. The molecule has 1 aromatic carbocycles. The van der Waals surface area contributed by atoms with Crippen LogP contribution in [0.4, 0.5) is 5.69 Å². The van der Waals surface area contributed by atoms with Gasteiger partial charge in [0.15, 0.2) is 0 Å². The number of aromatic amines is 1. The Morgan fingerprint density at radius 2 is 2.38 bits per heavy atom. The molecule has 0 saturated heterocycles. The molecule has 0 atom stereocenters. The van der Waals surface area contributed by atoms with E-state index in [1.54, 1.807) is 24.5 Å². The second kappa shape index (κ2) is 4.69. The molecule has 0 radical (unpaired) electrons. The molecule has 1 heterocycles. The molecule has 16 heavy (non-hydrogen) atoms. The van der Waals surface area contributed by atoms with Crippen molar-refractivity contribution in [3.8, 4) is 6.07 Å². The number of aromatic nitrogens is 2. The third kappa shape index (κ3) is 2.33. The maximum Gasteiger partial charge on any atom is 0.125 e. The summed E-state index contributed by atoms with van der Waals surface area (Å²) in [4.78, 5) is 7.07. The first-order valence-electron chi connectivity index (χ1n) is 4.71. The molecule has 2 N–H and O–H groups in total. The van der Waals surface area contributed by atoms with E-state index in [4.69, 9.17) is 16.9 Å². The van der Waals surface area contributed by atoms with Crippen LogP contribution < -0.4 is 5.32 Å². The van der Waals surface area contributed by atoms with Gasteiger partial charge in [-0.25, -0.2) is 4.98 Å². The van der Waals surface area contributed by atoms with Crippen molar-refractivity contribution in [1.82, 2.24) is 9.97 Å². The van der Waals surface area contributed by atoms with Crippen LogP contribution in [0.5, 0.6) is 0 Å². The molecule has 0 aliphatic heterocycles. The average Bonchev–Trinajstić information content (AvgIpc) is 2.79. The molecule has 1 aromatic heterocycles. The lowest BCUT2D eigenvalue weighted by atomic mass is 10.2. The highest BCUT2D eigenvalue weighted by atomic mass is 35.5. The molecule has 0 bridgehead atoms. The van der Waals surface area contributed by atoms with Gasteiger partial charge in [-0.2, -0.15) is 5.26 Å². The van der Waals surface area contributed by atoms with Gasteiger partial charge in [-0.1, -0.05) is 11.6 Å². The lowest BCUT2D eigenvalue weighted by Gasteiger charge is -2.05. The average molecular weight is 233 g/mol. The largest absolute Gasteiger partial charge is 0.378 e. The van der Waals surface area contributed by atoms with Gasteiger partial charge in [0.05, 0.1) is 17.1 Å². The van der Waals surface area contributed by atoms with E-state index < -0.39 is 0 Å². The van der Waals surface area contributed by atoms with Crippen molar-refractivity contribution >= 4 is 17.3 Å². The molecule has 0 amide bonds. The third-order valence-corrected chi connectivity index (χ3v) is 2.42. The van der Waals surface area contributed by atoms with Gasteiger partial charge >= 0.3 is 0 Å². The van der Waals surface area contributed by atoms with E-state index in [-0.39, 0.29) is 0 Å². The van der Waals surface area contributed by atoms with Crippen molar-refractivity contribution in [3.63, 3.8) is 0 Å². The molecular formula is C11H9ClN4. The number of nitrogens with zero attached hydrogens (tertiary/aromatic N) is 2. The minimum Gasteiger partial charge on any atom is -0.378 e. The van der Waals surface area contributed by atoms with E-state index in [0.717, 1.165) is 11.5 Å². The fourth-order valence-corrected chi connectivity index (χ4v) is 1.52. The van der Waals surface area contributed by atoms with Crippen molar-refractivity contribution in [2.24, 2.45) is 0 Å². The summed E-state index contributed by atoms with van der Waals surface area (Å²) in [6.07, 6.45) is 3.46. The second-order valence-electron chi connectivity index (χ2n) is 3.20. The van der Waals surface area contributed by atoms with Gasteiger partial charge in [-0.15, -0.1) is 0 Å². The van der Waals surface area contributed by atoms with Crippen molar-refractivity contribution in [2.45, 2.75) is 6.54 Å². The van der Waals surface area contributed by atoms with E-state index >= 15 is 0 Å². The number of halogens is 1. The van der Waals surface area contributed by atoms with E-state index in [2.05, 4.69) is 15.3 Å². The number of benzene rings is 1. The Hall–Kier alpha value is -1.99. The summed E-state index contributed by atoms with van der Waals surface area (Å²) in [6, 6.07) is 7.24. The lowest BCUT2D eigenvalue weighted by Crippen LogP contribution is -2.01. The van der Waals surface area contributed by atoms with Crippen LogP contribution in [0.1, 0.15) is 11.4 Å². The number of anilines is 1. The maximum atomic E-state index is 8.72. The first kappa shape index (κ1) is 10.5. The topological polar surface area (TPSA) is 64.5 Å². The molecule has 0 unspecified atom stereocenters. The minimum atomic E-state index is 0.451.